The van der Waals surface area contributed by atoms with Gasteiger partial charge in [0.25, 0.3) is 0 Å². The topological polar surface area (TPSA) is 82.8 Å². The molecule has 6 nitrogen and oxygen atoms in total. The van der Waals surface area contributed by atoms with Gasteiger partial charge in [-0.05, 0) is 45.2 Å². The van der Waals surface area contributed by atoms with E-state index in [0.29, 0.717) is 60.3 Å². The van der Waals surface area contributed by atoms with Crippen LogP contribution in [0, 0.1) is 6.92 Å². The number of fused-ring (bicyclic) bond motifs is 1. The summed E-state index contributed by atoms with van der Waals surface area (Å²) in [4.78, 5) is 35.0. The van der Waals surface area contributed by atoms with Crippen LogP contribution in [0.25, 0.3) is 11.0 Å². The van der Waals surface area contributed by atoms with Crippen molar-refractivity contribution in [1.82, 2.24) is 0 Å². The fourth-order valence-electron chi connectivity index (χ4n) is 2.65. The van der Waals surface area contributed by atoms with E-state index < -0.39 is 5.97 Å². The normalized spacial score (nSPS) is 10.7. The predicted octanol–water partition coefficient (Wildman–Crippen LogP) is 3.30. The molecule has 0 atom stereocenters. The Morgan fingerprint density at radius 3 is 2.64 bits per heavy atom. The lowest BCUT2D eigenvalue weighted by Gasteiger charge is -2.08. The van der Waals surface area contributed by atoms with Crippen molar-refractivity contribution in [2.75, 3.05) is 6.61 Å². The van der Waals surface area contributed by atoms with Gasteiger partial charge in [-0.25, -0.2) is 0 Å². The number of ether oxygens (including phenoxy) is 2. The van der Waals surface area contributed by atoms with Crippen molar-refractivity contribution in [3.8, 4) is 5.75 Å². The molecule has 2 aromatic rings. The van der Waals surface area contributed by atoms with Crippen molar-refractivity contribution in [1.29, 1.82) is 0 Å². The summed E-state index contributed by atoms with van der Waals surface area (Å²) in [5.74, 6) is 0.220. The van der Waals surface area contributed by atoms with Crippen molar-refractivity contribution in [3.63, 3.8) is 0 Å². The fourth-order valence-corrected chi connectivity index (χ4v) is 2.65. The van der Waals surface area contributed by atoms with Crippen molar-refractivity contribution in [2.45, 2.75) is 46.5 Å². The summed E-state index contributed by atoms with van der Waals surface area (Å²) < 4.78 is 15.6. The largest absolute Gasteiger partial charge is 0.466 e. The van der Waals surface area contributed by atoms with E-state index in [0.717, 1.165) is 0 Å². The van der Waals surface area contributed by atoms with Crippen molar-refractivity contribution in [2.24, 2.45) is 0 Å². The number of hydrogen-bond acceptors (Lipinski definition) is 6. The van der Waals surface area contributed by atoms with Crippen LogP contribution >= 0.6 is 0 Å². The monoisotopic (exact) mass is 346 g/mol. The maximum absolute atomic E-state index is 12.7. The molecule has 0 saturated heterocycles. The third-order valence-electron chi connectivity index (χ3n) is 3.78. The Kier molecular flexibility index (Phi) is 6.33. The first-order chi connectivity index (χ1) is 11.9. The molecular weight excluding hydrogens is 324 g/mol. The van der Waals surface area contributed by atoms with Crippen molar-refractivity contribution >= 4 is 22.9 Å². The lowest BCUT2D eigenvalue weighted by atomic mass is 10.0. The molecular formula is C19H22O6. The highest BCUT2D eigenvalue weighted by atomic mass is 16.5. The first-order valence-electron chi connectivity index (χ1n) is 8.32. The Morgan fingerprint density at radius 1 is 1.20 bits per heavy atom. The van der Waals surface area contributed by atoms with E-state index in [1.165, 1.54) is 13.0 Å². The molecule has 25 heavy (non-hydrogen) atoms. The Morgan fingerprint density at radius 2 is 1.96 bits per heavy atom. The zero-order valence-corrected chi connectivity index (χ0v) is 14.7. The van der Waals surface area contributed by atoms with Crippen molar-refractivity contribution < 1.29 is 23.5 Å². The first-order valence-corrected chi connectivity index (χ1v) is 8.32. The van der Waals surface area contributed by atoms with Gasteiger partial charge < -0.3 is 13.9 Å². The Labute approximate surface area is 145 Å². The van der Waals surface area contributed by atoms with Gasteiger partial charge in [0.05, 0.1) is 12.0 Å². The maximum Gasteiger partial charge on any atom is 0.308 e. The molecule has 0 aliphatic carbocycles. The van der Waals surface area contributed by atoms with Crippen LogP contribution in [0.15, 0.2) is 27.4 Å². The smallest absolute Gasteiger partial charge is 0.308 e. The number of esters is 2. The van der Waals surface area contributed by atoms with E-state index in [1.807, 2.05) is 0 Å². The highest BCUT2D eigenvalue weighted by molar-refractivity contribution is 5.80. The van der Waals surface area contributed by atoms with E-state index in [-0.39, 0.29) is 11.4 Å². The number of carbonyl (C=O) groups is 2. The van der Waals surface area contributed by atoms with Crippen LogP contribution in [-0.2, 0) is 20.7 Å². The lowest BCUT2D eigenvalue weighted by molar-refractivity contribution is -0.143. The van der Waals surface area contributed by atoms with Gasteiger partial charge in [0.2, 0.25) is 0 Å². The third-order valence-corrected chi connectivity index (χ3v) is 3.78. The minimum Gasteiger partial charge on any atom is -0.466 e. The molecule has 6 heteroatoms. The van der Waals surface area contributed by atoms with Crippen LogP contribution < -0.4 is 10.2 Å². The molecule has 0 bridgehead atoms. The van der Waals surface area contributed by atoms with Crippen LogP contribution in [-0.4, -0.2) is 18.5 Å². The molecule has 0 amide bonds. The molecule has 0 aliphatic rings. The summed E-state index contributed by atoms with van der Waals surface area (Å²) >= 11 is 0. The van der Waals surface area contributed by atoms with Crippen molar-refractivity contribution in [3.05, 3.63) is 39.7 Å². The van der Waals surface area contributed by atoms with Gasteiger partial charge in [0, 0.05) is 25.0 Å². The van der Waals surface area contributed by atoms with Gasteiger partial charge in [0.1, 0.15) is 17.1 Å². The minimum atomic E-state index is -0.434. The van der Waals surface area contributed by atoms with Gasteiger partial charge in [-0.15, -0.1) is 0 Å². The highest BCUT2D eigenvalue weighted by Gasteiger charge is 2.13. The van der Waals surface area contributed by atoms with Gasteiger partial charge in [-0.1, -0.05) is 0 Å². The molecule has 134 valence electrons. The van der Waals surface area contributed by atoms with Gasteiger partial charge >= 0.3 is 11.9 Å². The van der Waals surface area contributed by atoms with Gasteiger partial charge in [-0.3, -0.25) is 14.4 Å². The van der Waals surface area contributed by atoms with E-state index in [1.54, 1.807) is 26.0 Å². The molecule has 1 aromatic carbocycles. The molecule has 0 fully saturated rings. The molecule has 0 spiro atoms. The molecule has 1 aromatic heterocycles. The number of benzene rings is 1. The SMILES string of the molecule is CCOC(=O)CCCCc1c(C)oc2cc(OC(C)=O)ccc2c1=O. The molecule has 0 radical (unpaired) electrons. The quantitative estimate of drug-likeness (QED) is 0.434. The zero-order chi connectivity index (χ0) is 18.4. The molecule has 0 saturated carbocycles. The Hall–Kier alpha value is -2.63. The second-order valence-electron chi connectivity index (χ2n) is 5.73. The third kappa shape index (κ3) is 4.92. The zero-order valence-electron chi connectivity index (χ0n) is 14.7. The van der Waals surface area contributed by atoms with Crippen LogP contribution in [0.2, 0.25) is 0 Å². The van der Waals surface area contributed by atoms with Crippen LogP contribution in [0.5, 0.6) is 5.75 Å². The lowest BCUT2D eigenvalue weighted by Crippen LogP contribution is -2.12. The Balaban J connectivity index is 2.14. The molecule has 0 N–H and O–H groups in total. The van der Waals surface area contributed by atoms with E-state index in [9.17, 15) is 14.4 Å². The molecule has 0 unspecified atom stereocenters. The number of unbranched alkanes of at least 4 members (excludes halogenated alkanes) is 1. The van der Waals surface area contributed by atoms with Crippen LogP contribution in [0.1, 0.15) is 44.4 Å². The molecule has 1 heterocycles. The maximum atomic E-state index is 12.7. The fraction of sp³-hybridized carbons (Fsp3) is 0.421. The second-order valence-corrected chi connectivity index (χ2v) is 5.73. The van der Waals surface area contributed by atoms with Crippen LogP contribution in [0.3, 0.4) is 0 Å². The summed E-state index contributed by atoms with van der Waals surface area (Å²) in [7, 11) is 0. The summed E-state index contributed by atoms with van der Waals surface area (Å²) in [5, 5.41) is 0.446. The number of rotatable bonds is 7. The highest BCUT2D eigenvalue weighted by Crippen LogP contribution is 2.22. The predicted molar refractivity (Wildman–Crippen MR) is 92.7 cm³/mol. The van der Waals surface area contributed by atoms with E-state index >= 15 is 0 Å². The number of carbonyl (C=O) groups excluding carboxylic acids is 2. The summed E-state index contributed by atoms with van der Waals surface area (Å²) in [5.41, 5.74) is 0.900. The summed E-state index contributed by atoms with van der Waals surface area (Å²) in [6.07, 6.45) is 2.23. The average molecular weight is 346 g/mol. The van der Waals surface area contributed by atoms with Gasteiger partial charge in [0.15, 0.2) is 5.43 Å². The average Bonchev–Trinajstić information content (AvgIpc) is 2.53. The standard InChI is InChI=1S/C19H22O6/c1-4-23-18(21)8-6-5-7-15-12(2)24-17-11-14(25-13(3)20)9-10-16(17)19(15)22/h9-11H,4-8H2,1-3H3. The van der Waals surface area contributed by atoms with Crippen LogP contribution in [0.4, 0.5) is 0 Å². The first kappa shape index (κ1) is 18.7. The summed E-state index contributed by atoms with van der Waals surface area (Å²) in [6, 6.07) is 4.71. The Bertz CT molecular complexity index is 834. The molecule has 0 aliphatic heterocycles. The molecule has 2 rings (SSSR count). The summed E-state index contributed by atoms with van der Waals surface area (Å²) in [6.45, 7) is 5.20. The van der Waals surface area contributed by atoms with Gasteiger partial charge in [-0.2, -0.15) is 0 Å². The van der Waals surface area contributed by atoms with E-state index in [2.05, 4.69) is 0 Å². The number of aryl methyl sites for hydroxylation is 1. The second kappa shape index (κ2) is 8.46. The number of hydrogen-bond donors (Lipinski definition) is 0. The van der Waals surface area contributed by atoms with E-state index in [4.69, 9.17) is 13.9 Å². The minimum absolute atomic E-state index is 0.0933.